The molecule has 2 rings (SSSR count). The van der Waals surface area contributed by atoms with E-state index in [4.69, 9.17) is 5.73 Å². The summed E-state index contributed by atoms with van der Waals surface area (Å²) in [6.45, 7) is 3.56. The number of hydrogen-bond donors (Lipinski definition) is 2. The normalized spacial score (nSPS) is 10.5. The molecule has 0 aliphatic carbocycles. The summed E-state index contributed by atoms with van der Waals surface area (Å²) in [6.07, 6.45) is 0. The van der Waals surface area contributed by atoms with Gasteiger partial charge in [-0.25, -0.2) is 13.2 Å². The maximum Gasteiger partial charge on any atom is 0.258 e. The third kappa shape index (κ3) is 2.69. The Bertz CT molecular complexity index is 729. The maximum atomic E-state index is 13.6. The highest BCUT2D eigenvalue weighted by molar-refractivity contribution is 6.06. The Balaban J connectivity index is 2.40. The Morgan fingerprint density at radius 3 is 2.38 bits per heavy atom. The van der Waals surface area contributed by atoms with Crippen LogP contribution in [0.25, 0.3) is 0 Å². The summed E-state index contributed by atoms with van der Waals surface area (Å²) >= 11 is 0. The second kappa shape index (κ2) is 5.47. The van der Waals surface area contributed by atoms with E-state index in [0.717, 1.165) is 11.6 Å². The summed E-state index contributed by atoms with van der Waals surface area (Å²) in [4.78, 5) is 12.0. The van der Waals surface area contributed by atoms with E-state index in [0.29, 0.717) is 23.0 Å². The highest BCUT2D eigenvalue weighted by atomic mass is 19.2. The van der Waals surface area contributed by atoms with Gasteiger partial charge in [-0.05, 0) is 43.2 Å². The standard InChI is InChI=1S/C15H13F3N2O/c1-7-3-6-11(19)14(8(7)2)20-15(21)9-4-5-10(16)13(18)12(9)17/h3-6H,19H2,1-2H3,(H,20,21). The van der Waals surface area contributed by atoms with Crippen molar-refractivity contribution < 1.29 is 18.0 Å². The van der Waals surface area contributed by atoms with Gasteiger partial charge >= 0.3 is 0 Å². The molecule has 3 nitrogen and oxygen atoms in total. The molecule has 0 aliphatic rings. The van der Waals surface area contributed by atoms with Crippen molar-refractivity contribution in [3.05, 3.63) is 58.4 Å². The second-order valence-electron chi connectivity index (χ2n) is 4.65. The molecule has 0 atom stereocenters. The second-order valence-corrected chi connectivity index (χ2v) is 4.65. The molecule has 2 aromatic rings. The van der Waals surface area contributed by atoms with Gasteiger partial charge in [-0.2, -0.15) is 0 Å². The molecule has 0 aliphatic heterocycles. The lowest BCUT2D eigenvalue weighted by atomic mass is 10.1. The van der Waals surface area contributed by atoms with Crippen LogP contribution < -0.4 is 11.1 Å². The van der Waals surface area contributed by atoms with E-state index >= 15 is 0 Å². The molecule has 0 saturated carbocycles. The van der Waals surface area contributed by atoms with Crippen LogP contribution in [0.2, 0.25) is 0 Å². The van der Waals surface area contributed by atoms with Gasteiger partial charge < -0.3 is 11.1 Å². The zero-order chi connectivity index (χ0) is 15.7. The van der Waals surface area contributed by atoms with Crippen molar-refractivity contribution in [3.63, 3.8) is 0 Å². The van der Waals surface area contributed by atoms with Crippen molar-refractivity contribution in [2.75, 3.05) is 11.1 Å². The van der Waals surface area contributed by atoms with Gasteiger partial charge in [-0.15, -0.1) is 0 Å². The van der Waals surface area contributed by atoms with Crippen molar-refractivity contribution in [1.29, 1.82) is 0 Å². The van der Waals surface area contributed by atoms with E-state index in [-0.39, 0.29) is 0 Å². The number of amides is 1. The van der Waals surface area contributed by atoms with Gasteiger partial charge in [0.1, 0.15) is 0 Å². The fourth-order valence-electron chi connectivity index (χ4n) is 1.88. The van der Waals surface area contributed by atoms with Crippen LogP contribution in [0.1, 0.15) is 21.5 Å². The first-order valence-electron chi connectivity index (χ1n) is 6.13. The van der Waals surface area contributed by atoms with E-state index in [1.807, 2.05) is 6.92 Å². The number of benzene rings is 2. The minimum atomic E-state index is -1.68. The Hall–Kier alpha value is -2.50. The summed E-state index contributed by atoms with van der Waals surface area (Å²) in [5.41, 5.74) is 7.40. The number of aryl methyl sites for hydroxylation is 1. The average molecular weight is 294 g/mol. The molecule has 6 heteroatoms. The molecule has 0 unspecified atom stereocenters. The number of carbonyl (C=O) groups is 1. The molecule has 0 spiro atoms. The van der Waals surface area contributed by atoms with Crippen LogP contribution in [-0.2, 0) is 0 Å². The average Bonchev–Trinajstić information content (AvgIpc) is 2.45. The molecule has 0 bridgehead atoms. The van der Waals surface area contributed by atoms with E-state index in [2.05, 4.69) is 5.32 Å². The Morgan fingerprint density at radius 1 is 1.05 bits per heavy atom. The SMILES string of the molecule is Cc1ccc(N)c(NC(=O)c2ccc(F)c(F)c2F)c1C. The lowest BCUT2D eigenvalue weighted by molar-refractivity contribution is 0.102. The van der Waals surface area contributed by atoms with E-state index in [1.165, 1.54) is 0 Å². The zero-order valence-corrected chi connectivity index (χ0v) is 11.4. The zero-order valence-electron chi connectivity index (χ0n) is 11.4. The van der Waals surface area contributed by atoms with Crippen LogP contribution in [0.4, 0.5) is 24.5 Å². The molecule has 0 fully saturated rings. The van der Waals surface area contributed by atoms with Crippen LogP contribution in [0.3, 0.4) is 0 Å². The molecule has 21 heavy (non-hydrogen) atoms. The number of halogens is 3. The minimum Gasteiger partial charge on any atom is -0.397 e. The van der Waals surface area contributed by atoms with E-state index in [1.54, 1.807) is 19.1 Å². The first kappa shape index (κ1) is 14.9. The smallest absolute Gasteiger partial charge is 0.258 e. The van der Waals surface area contributed by atoms with Gasteiger partial charge in [0.15, 0.2) is 17.5 Å². The van der Waals surface area contributed by atoms with Crippen LogP contribution in [0, 0.1) is 31.3 Å². The molecule has 2 aromatic carbocycles. The van der Waals surface area contributed by atoms with Crippen LogP contribution >= 0.6 is 0 Å². The van der Waals surface area contributed by atoms with Gasteiger partial charge in [0.2, 0.25) is 0 Å². The molecule has 0 heterocycles. The molecule has 110 valence electrons. The maximum absolute atomic E-state index is 13.6. The topological polar surface area (TPSA) is 55.1 Å². The first-order chi connectivity index (χ1) is 9.82. The van der Waals surface area contributed by atoms with Gasteiger partial charge in [0, 0.05) is 0 Å². The van der Waals surface area contributed by atoms with Crippen molar-refractivity contribution in [1.82, 2.24) is 0 Å². The van der Waals surface area contributed by atoms with Crippen molar-refractivity contribution in [3.8, 4) is 0 Å². The molecular weight excluding hydrogens is 281 g/mol. The number of nitrogen functional groups attached to an aromatic ring is 1. The number of hydrogen-bond acceptors (Lipinski definition) is 2. The molecule has 0 saturated heterocycles. The molecule has 3 N–H and O–H groups in total. The van der Waals surface area contributed by atoms with E-state index in [9.17, 15) is 18.0 Å². The number of rotatable bonds is 2. The Labute approximate surface area is 119 Å². The number of nitrogens with two attached hydrogens (primary N) is 1. The van der Waals surface area contributed by atoms with Gasteiger partial charge in [-0.3, -0.25) is 4.79 Å². The fraction of sp³-hybridized carbons (Fsp3) is 0.133. The van der Waals surface area contributed by atoms with E-state index < -0.39 is 28.9 Å². The summed E-state index contributed by atoms with van der Waals surface area (Å²) in [5, 5.41) is 2.43. The van der Waals surface area contributed by atoms with Gasteiger partial charge in [-0.1, -0.05) is 6.07 Å². The molecule has 1 amide bonds. The fourth-order valence-corrected chi connectivity index (χ4v) is 1.88. The highest BCUT2D eigenvalue weighted by Crippen LogP contribution is 2.27. The monoisotopic (exact) mass is 294 g/mol. The van der Waals surface area contributed by atoms with Crippen molar-refractivity contribution >= 4 is 17.3 Å². The van der Waals surface area contributed by atoms with Crippen LogP contribution in [0.15, 0.2) is 24.3 Å². The first-order valence-corrected chi connectivity index (χ1v) is 6.13. The molecule has 0 radical (unpaired) electrons. The summed E-state index contributed by atoms with van der Waals surface area (Å²) in [6, 6.07) is 4.95. The predicted molar refractivity (Wildman–Crippen MR) is 74.6 cm³/mol. The molecule has 0 aromatic heterocycles. The third-order valence-electron chi connectivity index (χ3n) is 3.29. The lowest BCUT2D eigenvalue weighted by Crippen LogP contribution is -2.17. The van der Waals surface area contributed by atoms with Crippen molar-refractivity contribution in [2.24, 2.45) is 0 Å². The van der Waals surface area contributed by atoms with Crippen molar-refractivity contribution in [2.45, 2.75) is 13.8 Å². The lowest BCUT2D eigenvalue weighted by Gasteiger charge is -2.13. The largest absolute Gasteiger partial charge is 0.397 e. The summed E-state index contributed by atoms with van der Waals surface area (Å²) < 4.78 is 39.6. The third-order valence-corrected chi connectivity index (χ3v) is 3.29. The number of carbonyl (C=O) groups excluding carboxylic acids is 1. The quantitative estimate of drug-likeness (QED) is 0.657. The summed E-state index contributed by atoms with van der Waals surface area (Å²) in [5.74, 6) is -5.46. The highest BCUT2D eigenvalue weighted by Gasteiger charge is 2.20. The van der Waals surface area contributed by atoms with Crippen LogP contribution in [0.5, 0.6) is 0 Å². The Morgan fingerprint density at radius 2 is 1.71 bits per heavy atom. The van der Waals surface area contributed by atoms with Crippen LogP contribution in [-0.4, -0.2) is 5.91 Å². The van der Waals surface area contributed by atoms with Gasteiger partial charge in [0.05, 0.1) is 16.9 Å². The van der Waals surface area contributed by atoms with Gasteiger partial charge in [0.25, 0.3) is 5.91 Å². The number of anilines is 2. The Kier molecular flexibility index (Phi) is 3.88. The summed E-state index contributed by atoms with van der Waals surface area (Å²) in [7, 11) is 0. The molecular formula is C15H13F3N2O. The minimum absolute atomic E-state index is 0.300. The predicted octanol–water partition coefficient (Wildman–Crippen LogP) is 3.56. The number of nitrogens with one attached hydrogen (secondary N) is 1.